The lowest BCUT2D eigenvalue weighted by Crippen LogP contribution is -2.29. The van der Waals surface area contributed by atoms with Gasteiger partial charge in [0.2, 0.25) is 0 Å². The summed E-state index contributed by atoms with van der Waals surface area (Å²) in [5.74, 6) is -1.68. The van der Waals surface area contributed by atoms with E-state index in [1.807, 2.05) is 45.0 Å². The van der Waals surface area contributed by atoms with E-state index in [9.17, 15) is 19.5 Å². The predicted octanol–water partition coefficient (Wildman–Crippen LogP) is 5.97. The lowest BCUT2D eigenvalue weighted by atomic mass is 9.94. The molecule has 4 rings (SSSR count). The van der Waals surface area contributed by atoms with E-state index in [-0.39, 0.29) is 23.5 Å². The molecule has 1 heterocycles. The Kier molecular flexibility index (Phi) is 7.67. The van der Waals surface area contributed by atoms with E-state index in [1.165, 1.54) is 4.90 Å². The SMILES string of the molecule is Cc1cccc(C2/C(=C(\O)c3ccc(OC(C)C)cc3)C(=O)C(=O)N2c2ccc(C(=O)OC(C)C)cc2)c1. The highest BCUT2D eigenvalue weighted by Crippen LogP contribution is 2.42. The fourth-order valence-corrected chi connectivity index (χ4v) is 4.41. The molecule has 1 aliphatic heterocycles. The molecule has 1 aliphatic rings. The van der Waals surface area contributed by atoms with E-state index in [1.54, 1.807) is 62.4 Å². The van der Waals surface area contributed by atoms with Gasteiger partial charge in [0.15, 0.2) is 0 Å². The minimum atomic E-state index is -0.866. The summed E-state index contributed by atoms with van der Waals surface area (Å²) in [5.41, 5.74) is 2.74. The number of ketones is 1. The number of aliphatic hydroxyl groups is 1. The number of benzene rings is 3. The molecule has 0 spiro atoms. The molecule has 7 nitrogen and oxygen atoms in total. The van der Waals surface area contributed by atoms with Crippen molar-refractivity contribution in [1.29, 1.82) is 0 Å². The fraction of sp³-hybridized carbons (Fsp3) is 0.258. The average molecular weight is 514 g/mol. The van der Waals surface area contributed by atoms with E-state index in [0.717, 1.165) is 5.56 Å². The van der Waals surface area contributed by atoms with Gasteiger partial charge in [-0.2, -0.15) is 0 Å². The van der Waals surface area contributed by atoms with Crippen LogP contribution in [0.2, 0.25) is 0 Å². The number of anilines is 1. The molecule has 7 heteroatoms. The van der Waals surface area contributed by atoms with Gasteiger partial charge in [-0.3, -0.25) is 14.5 Å². The minimum Gasteiger partial charge on any atom is -0.507 e. The molecule has 3 aromatic rings. The second kappa shape index (κ2) is 10.9. The van der Waals surface area contributed by atoms with E-state index in [2.05, 4.69) is 0 Å². The van der Waals surface area contributed by atoms with Crippen LogP contribution in [0.15, 0.2) is 78.4 Å². The van der Waals surface area contributed by atoms with Crippen LogP contribution in [0.3, 0.4) is 0 Å². The summed E-state index contributed by atoms with van der Waals surface area (Å²) in [5, 5.41) is 11.3. The van der Waals surface area contributed by atoms with Crippen molar-refractivity contribution >= 4 is 29.1 Å². The topological polar surface area (TPSA) is 93.1 Å². The maximum absolute atomic E-state index is 13.4. The second-order valence-electron chi connectivity index (χ2n) is 9.78. The highest BCUT2D eigenvalue weighted by molar-refractivity contribution is 6.51. The lowest BCUT2D eigenvalue weighted by Gasteiger charge is -2.26. The second-order valence-corrected chi connectivity index (χ2v) is 9.78. The van der Waals surface area contributed by atoms with Crippen molar-refractivity contribution in [2.75, 3.05) is 4.90 Å². The Labute approximate surface area is 222 Å². The number of aryl methyl sites for hydroxylation is 1. The standard InChI is InChI=1S/C31H31NO6/c1-18(2)37-25-15-11-21(12-16-25)28(33)26-27(23-8-6-7-20(5)17-23)32(30(35)29(26)34)24-13-9-22(10-14-24)31(36)38-19(3)4/h6-19,27,33H,1-5H3/b28-26+. The van der Waals surface area contributed by atoms with Crippen molar-refractivity contribution in [2.45, 2.75) is 52.9 Å². The van der Waals surface area contributed by atoms with Gasteiger partial charge in [-0.15, -0.1) is 0 Å². The molecule has 196 valence electrons. The van der Waals surface area contributed by atoms with Gasteiger partial charge >= 0.3 is 5.97 Å². The van der Waals surface area contributed by atoms with Crippen molar-refractivity contribution in [1.82, 2.24) is 0 Å². The van der Waals surface area contributed by atoms with Gasteiger partial charge < -0.3 is 14.6 Å². The first kappa shape index (κ1) is 26.7. The Hall–Kier alpha value is -4.39. The molecule has 0 bridgehead atoms. The molecule has 1 saturated heterocycles. The van der Waals surface area contributed by atoms with Gasteiger partial charge in [0.05, 0.1) is 29.4 Å². The molecule has 1 amide bonds. The summed E-state index contributed by atoms with van der Waals surface area (Å²) in [6.45, 7) is 9.27. The summed E-state index contributed by atoms with van der Waals surface area (Å²) >= 11 is 0. The molecule has 38 heavy (non-hydrogen) atoms. The largest absolute Gasteiger partial charge is 0.507 e. The number of hydrogen-bond acceptors (Lipinski definition) is 6. The van der Waals surface area contributed by atoms with Crippen LogP contribution in [0.1, 0.15) is 60.8 Å². The third-order valence-corrected chi connectivity index (χ3v) is 6.03. The number of esters is 1. The Morgan fingerprint density at radius 2 is 1.50 bits per heavy atom. The third kappa shape index (κ3) is 5.47. The summed E-state index contributed by atoms with van der Waals surface area (Å²) < 4.78 is 10.9. The lowest BCUT2D eigenvalue weighted by molar-refractivity contribution is -0.132. The van der Waals surface area contributed by atoms with Crippen LogP contribution in [-0.4, -0.2) is 35.0 Å². The zero-order valence-electron chi connectivity index (χ0n) is 22.1. The van der Waals surface area contributed by atoms with Crippen LogP contribution >= 0.6 is 0 Å². The number of rotatable bonds is 7. The zero-order valence-corrected chi connectivity index (χ0v) is 22.1. The number of hydrogen-bond donors (Lipinski definition) is 1. The Morgan fingerprint density at radius 1 is 0.868 bits per heavy atom. The number of Topliss-reactive ketones (excluding diaryl/α,β-unsaturated/α-hetero) is 1. The minimum absolute atomic E-state index is 0.0126. The predicted molar refractivity (Wildman–Crippen MR) is 145 cm³/mol. The Bertz CT molecular complexity index is 1390. The van der Waals surface area contributed by atoms with E-state index < -0.39 is 23.7 Å². The first-order valence-electron chi connectivity index (χ1n) is 12.5. The van der Waals surface area contributed by atoms with Gasteiger partial charge in [0.1, 0.15) is 11.5 Å². The molecule has 0 saturated carbocycles. The third-order valence-electron chi connectivity index (χ3n) is 6.03. The van der Waals surface area contributed by atoms with Crippen molar-refractivity contribution in [3.63, 3.8) is 0 Å². The number of ether oxygens (including phenoxy) is 2. The highest BCUT2D eigenvalue weighted by Gasteiger charge is 2.47. The van der Waals surface area contributed by atoms with Gasteiger partial charge in [0, 0.05) is 11.3 Å². The summed E-state index contributed by atoms with van der Waals surface area (Å²) in [4.78, 5) is 40.4. The Balaban J connectivity index is 1.80. The van der Waals surface area contributed by atoms with Crippen LogP contribution in [0, 0.1) is 6.92 Å². The van der Waals surface area contributed by atoms with Gasteiger partial charge in [-0.05, 0) is 88.7 Å². The van der Waals surface area contributed by atoms with Gasteiger partial charge in [-0.25, -0.2) is 4.79 Å². The van der Waals surface area contributed by atoms with Crippen LogP contribution in [0.5, 0.6) is 5.75 Å². The smallest absolute Gasteiger partial charge is 0.338 e. The monoisotopic (exact) mass is 513 g/mol. The Morgan fingerprint density at radius 3 is 2.08 bits per heavy atom. The van der Waals surface area contributed by atoms with E-state index >= 15 is 0 Å². The molecule has 0 aromatic heterocycles. The van der Waals surface area contributed by atoms with Crippen molar-refractivity contribution in [3.8, 4) is 5.75 Å². The highest BCUT2D eigenvalue weighted by atomic mass is 16.5. The van der Waals surface area contributed by atoms with Crippen LogP contribution in [0.25, 0.3) is 5.76 Å². The molecular weight excluding hydrogens is 482 g/mol. The molecule has 3 aromatic carbocycles. The van der Waals surface area contributed by atoms with Crippen molar-refractivity contribution in [2.24, 2.45) is 0 Å². The quantitative estimate of drug-likeness (QED) is 0.181. The van der Waals surface area contributed by atoms with Crippen LogP contribution in [0.4, 0.5) is 5.69 Å². The number of carbonyl (C=O) groups is 3. The van der Waals surface area contributed by atoms with E-state index in [4.69, 9.17) is 9.47 Å². The molecule has 1 N–H and O–H groups in total. The fourth-order valence-electron chi connectivity index (χ4n) is 4.41. The first-order valence-corrected chi connectivity index (χ1v) is 12.5. The van der Waals surface area contributed by atoms with E-state index in [0.29, 0.717) is 28.1 Å². The maximum Gasteiger partial charge on any atom is 0.338 e. The average Bonchev–Trinajstić information content (AvgIpc) is 3.13. The first-order chi connectivity index (χ1) is 18.1. The molecule has 1 fully saturated rings. The molecule has 0 radical (unpaired) electrons. The maximum atomic E-state index is 13.4. The molecular formula is C31H31NO6. The summed E-state index contributed by atoms with van der Waals surface area (Å²) in [7, 11) is 0. The van der Waals surface area contributed by atoms with Crippen molar-refractivity contribution in [3.05, 3.63) is 101 Å². The zero-order chi connectivity index (χ0) is 27.6. The number of nitrogens with zero attached hydrogens (tertiary/aromatic N) is 1. The van der Waals surface area contributed by atoms with Crippen LogP contribution in [-0.2, 0) is 14.3 Å². The summed E-state index contributed by atoms with van der Waals surface area (Å²) in [6.07, 6.45) is -0.285. The van der Waals surface area contributed by atoms with Crippen molar-refractivity contribution < 1.29 is 29.0 Å². The van der Waals surface area contributed by atoms with Gasteiger partial charge in [-0.1, -0.05) is 29.8 Å². The molecule has 1 unspecified atom stereocenters. The van der Waals surface area contributed by atoms with Crippen LogP contribution < -0.4 is 9.64 Å². The van der Waals surface area contributed by atoms with Gasteiger partial charge in [0.25, 0.3) is 11.7 Å². The number of amides is 1. The number of aliphatic hydroxyl groups excluding tert-OH is 1. The normalized spacial score (nSPS) is 16.8. The molecule has 0 aliphatic carbocycles. The summed E-state index contributed by atoms with van der Waals surface area (Å²) in [6, 6.07) is 19.6. The molecule has 1 atom stereocenters. The number of carbonyl (C=O) groups excluding carboxylic acids is 3.